The van der Waals surface area contributed by atoms with Gasteiger partial charge in [-0.05, 0) is 80.6 Å². The van der Waals surface area contributed by atoms with Gasteiger partial charge in [0.1, 0.15) is 11.5 Å². The van der Waals surface area contributed by atoms with E-state index in [1.807, 2.05) is 0 Å². The number of benzene rings is 2. The van der Waals surface area contributed by atoms with E-state index in [-0.39, 0.29) is 5.82 Å². The number of aromatic nitrogens is 1. The van der Waals surface area contributed by atoms with Crippen molar-refractivity contribution in [1.82, 2.24) is 9.88 Å². The Balaban J connectivity index is 1.55. The highest BCUT2D eigenvalue weighted by Gasteiger charge is 2.25. The van der Waals surface area contributed by atoms with Gasteiger partial charge < -0.3 is 10.7 Å². The summed E-state index contributed by atoms with van der Waals surface area (Å²) in [7, 11) is 0. The van der Waals surface area contributed by atoms with Crippen LogP contribution in [-0.4, -0.2) is 28.9 Å². The highest BCUT2D eigenvalue weighted by Crippen LogP contribution is 2.34. The molecule has 5 heteroatoms. The van der Waals surface area contributed by atoms with Gasteiger partial charge in [-0.1, -0.05) is 18.2 Å². The molecule has 2 heterocycles. The first-order valence-corrected chi connectivity index (χ1v) is 9.82. The number of aryl methyl sites for hydroxylation is 2. The summed E-state index contributed by atoms with van der Waals surface area (Å²) >= 11 is 0. The van der Waals surface area contributed by atoms with E-state index in [1.54, 1.807) is 6.07 Å². The number of carbonyl (C=O) groups is 1. The number of piperidine rings is 1. The summed E-state index contributed by atoms with van der Waals surface area (Å²) in [4.78, 5) is 17.3. The highest BCUT2D eigenvalue weighted by atomic mass is 19.1. The number of likely N-dealkylation sites (tertiary alicyclic amines) is 1. The van der Waals surface area contributed by atoms with Crippen molar-refractivity contribution in [3.05, 3.63) is 70.2 Å². The van der Waals surface area contributed by atoms with Crippen molar-refractivity contribution >= 4 is 16.8 Å². The molecule has 4 rings (SSSR count). The molecule has 28 heavy (non-hydrogen) atoms. The van der Waals surface area contributed by atoms with Gasteiger partial charge in [0.2, 0.25) is 0 Å². The summed E-state index contributed by atoms with van der Waals surface area (Å²) in [6, 6.07) is 11.0. The molecule has 1 aromatic heterocycles. The number of H-pyrrole nitrogens is 1. The maximum atomic E-state index is 13.8. The van der Waals surface area contributed by atoms with Crippen LogP contribution in [0.15, 0.2) is 36.4 Å². The van der Waals surface area contributed by atoms with Crippen LogP contribution in [-0.2, 0) is 6.54 Å². The molecule has 0 unspecified atom stereocenters. The molecule has 0 saturated carbocycles. The average molecular weight is 379 g/mol. The lowest BCUT2D eigenvalue weighted by Crippen LogP contribution is -2.33. The number of fused-ring (bicyclic) bond motifs is 1. The van der Waals surface area contributed by atoms with Crippen LogP contribution in [0.2, 0.25) is 0 Å². The van der Waals surface area contributed by atoms with E-state index in [9.17, 15) is 9.18 Å². The van der Waals surface area contributed by atoms with E-state index >= 15 is 0 Å². The predicted octanol–water partition coefficient (Wildman–Crippen LogP) is 4.40. The smallest absolute Gasteiger partial charge is 0.265 e. The van der Waals surface area contributed by atoms with Crippen LogP contribution in [0.25, 0.3) is 10.9 Å². The van der Waals surface area contributed by atoms with E-state index in [4.69, 9.17) is 5.73 Å². The van der Waals surface area contributed by atoms with Gasteiger partial charge >= 0.3 is 0 Å². The Morgan fingerprint density at radius 2 is 1.86 bits per heavy atom. The second-order valence-corrected chi connectivity index (χ2v) is 7.89. The lowest BCUT2D eigenvalue weighted by molar-refractivity contribution is 0.0993. The van der Waals surface area contributed by atoms with Crippen molar-refractivity contribution < 1.29 is 9.18 Å². The third kappa shape index (κ3) is 3.42. The zero-order valence-electron chi connectivity index (χ0n) is 16.4. The van der Waals surface area contributed by atoms with E-state index in [0.29, 0.717) is 18.2 Å². The number of hydrogen-bond donors (Lipinski definition) is 2. The van der Waals surface area contributed by atoms with Crippen molar-refractivity contribution in [2.24, 2.45) is 5.73 Å². The average Bonchev–Trinajstić information content (AvgIpc) is 3.01. The van der Waals surface area contributed by atoms with Crippen LogP contribution < -0.4 is 5.73 Å². The van der Waals surface area contributed by atoms with Crippen LogP contribution >= 0.6 is 0 Å². The molecule has 0 bridgehead atoms. The van der Waals surface area contributed by atoms with Crippen LogP contribution in [0.4, 0.5) is 4.39 Å². The first kappa shape index (κ1) is 18.7. The summed E-state index contributed by atoms with van der Waals surface area (Å²) in [5.74, 6) is -0.247. The first-order valence-electron chi connectivity index (χ1n) is 9.82. The lowest BCUT2D eigenvalue weighted by Gasteiger charge is -2.33. The number of nitrogens with one attached hydrogen (secondary N) is 1. The fraction of sp³-hybridized carbons (Fsp3) is 0.348. The Labute approximate surface area is 164 Å². The molecule has 0 atom stereocenters. The summed E-state index contributed by atoms with van der Waals surface area (Å²) < 4.78 is 13.8. The van der Waals surface area contributed by atoms with Gasteiger partial charge in [-0.2, -0.15) is 0 Å². The molecule has 3 aromatic rings. The quantitative estimate of drug-likeness (QED) is 0.706. The van der Waals surface area contributed by atoms with Crippen molar-refractivity contribution in [3.8, 4) is 0 Å². The Kier molecular flexibility index (Phi) is 4.94. The van der Waals surface area contributed by atoms with Crippen molar-refractivity contribution in [2.75, 3.05) is 13.1 Å². The summed E-state index contributed by atoms with van der Waals surface area (Å²) in [6.45, 7) is 6.86. The highest BCUT2D eigenvalue weighted by molar-refractivity contribution is 6.00. The summed E-state index contributed by atoms with van der Waals surface area (Å²) in [5.41, 5.74) is 11.7. The molecule has 2 aromatic carbocycles. The summed E-state index contributed by atoms with van der Waals surface area (Å²) in [6.07, 6.45) is 2.16. The van der Waals surface area contributed by atoms with Gasteiger partial charge in [0.25, 0.3) is 5.91 Å². The number of nitrogens with zero attached hydrogens (tertiary/aromatic N) is 1. The minimum atomic E-state index is -0.503. The Morgan fingerprint density at radius 3 is 2.50 bits per heavy atom. The minimum Gasteiger partial charge on any atom is -0.364 e. The van der Waals surface area contributed by atoms with Gasteiger partial charge in [0.05, 0.1) is 0 Å². The third-order valence-corrected chi connectivity index (χ3v) is 6.03. The molecule has 146 valence electrons. The van der Waals surface area contributed by atoms with Crippen LogP contribution in [0.3, 0.4) is 0 Å². The predicted molar refractivity (Wildman–Crippen MR) is 110 cm³/mol. The molecule has 1 aliphatic rings. The second-order valence-electron chi connectivity index (χ2n) is 7.89. The Morgan fingerprint density at radius 1 is 1.18 bits per heavy atom. The fourth-order valence-corrected chi connectivity index (χ4v) is 4.67. The number of carbonyl (C=O) groups excluding carboxylic acids is 1. The molecule has 0 radical (unpaired) electrons. The number of aromatic amines is 1. The molecular formula is C23H26FN3O. The first-order chi connectivity index (χ1) is 13.4. The van der Waals surface area contributed by atoms with Crippen molar-refractivity contribution in [3.63, 3.8) is 0 Å². The number of halogens is 1. The van der Waals surface area contributed by atoms with Crippen LogP contribution in [0, 0.1) is 19.7 Å². The van der Waals surface area contributed by atoms with Crippen molar-refractivity contribution in [2.45, 2.75) is 39.2 Å². The molecule has 3 N–H and O–H groups in total. The van der Waals surface area contributed by atoms with Gasteiger partial charge in [-0.15, -0.1) is 0 Å². The zero-order chi connectivity index (χ0) is 19.8. The number of primary amides is 1. The summed E-state index contributed by atoms with van der Waals surface area (Å²) in [5, 5.41) is 0.741. The largest absolute Gasteiger partial charge is 0.364 e. The second kappa shape index (κ2) is 7.40. The molecule has 1 fully saturated rings. The van der Waals surface area contributed by atoms with E-state index in [2.05, 4.69) is 41.9 Å². The van der Waals surface area contributed by atoms with Crippen molar-refractivity contribution in [1.29, 1.82) is 0 Å². The molecular weight excluding hydrogens is 353 g/mol. The fourth-order valence-electron chi connectivity index (χ4n) is 4.67. The standard InChI is InChI=1S/C23H26FN3O/c1-14-4-3-5-15(2)21(14)16-8-10-27(11-9-16)13-19-18-12-17(24)6-7-20(18)26-22(19)23(25)28/h3-7,12,16,26H,8-11,13H2,1-2H3,(H2,25,28). The Bertz CT molecular complexity index is 1010. The monoisotopic (exact) mass is 379 g/mol. The van der Waals surface area contributed by atoms with Gasteiger partial charge in [-0.3, -0.25) is 9.69 Å². The Hall–Kier alpha value is -2.66. The van der Waals surface area contributed by atoms with E-state index in [1.165, 1.54) is 28.8 Å². The van der Waals surface area contributed by atoms with E-state index < -0.39 is 5.91 Å². The minimum absolute atomic E-state index is 0.308. The molecule has 0 spiro atoms. The maximum Gasteiger partial charge on any atom is 0.265 e. The zero-order valence-corrected chi connectivity index (χ0v) is 16.4. The lowest BCUT2D eigenvalue weighted by atomic mass is 9.84. The van der Waals surface area contributed by atoms with Gasteiger partial charge in [-0.25, -0.2) is 4.39 Å². The van der Waals surface area contributed by atoms with Crippen LogP contribution in [0.5, 0.6) is 0 Å². The topological polar surface area (TPSA) is 62.1 Å². The van der Waals surface area contributed by atoms with Gasteiger partial charge in [0.15, 0.2) is 0 Å². The molecule has 1 amide bonds. The molecule has 0 aliphatic carbocycles. The molecule has 4 nitrogen and oxygen atoms in total. The molecule has 1 saturated heterocycles. The molecule has 1 aliphatic heterocycles. The number of nitrogens with two attached hydrogens (primary N) is 1. The number of hydrogen-bond acceptors (Lipinski definition) is 2. The number of amides is 1. The maximum absolute atomic E-state index is 13.8. The van der Waals surface area contributed by atoms with Gasteiger partial charge in [0, 0.05) is 23.0 Å². The number of rotatable bonds is 4. The third-order valence-electron chi connectivity index (χ3n) is 6.03. The normalized spacial score (nSPS) is 16.0. The van der Waals surface area contributed by atoms with E-state index in [0.717, 1.165) is 42.4 Å². The van der Waals surface area contributed by atoms with Crippen LogP contribution in [0.1, 0.15) is 51.5 Å². The SMILES string of the molecule is Cc1cccc(C)c1C1CCN(Cc2c(C(N)=O)[nH]c3ccc(F)cc23)CC1.